The lowest BCUT2D eigenvalue weighted by Gasteiger charge is -1.92. The van der Waals surface area contributed by atoms with Crippen LogP contribution in [0.3, 0.4) is 0 Å². The van der Waals surface area contributed by atoms with E-state index in [9.17, 15) is 0 Å². The highest BCUT2D eigenvalue weighted by molar-refractivity contribution is 9.10. The Bertz CT molecular complexity index is 258. The summed E-state index contributed by atoms with van der Waals surface area (Å²) < 4.78 is 6.40. The van der Waals surface area contributed by atoms with Crippen LogP contribution < -0.4 is 5.73 Å². The minimum Gasteiger partial charge on any atom is -0.468 e. The molecule has 0 aliphatic heterocycles. The van der Waals surface area contributed by atoms with Crippen molar-refractivity contribution in [2.75, 3.05) is 6.54 Å². The van der Waals surface area contributed by atoms with Crippen molar-refractivity contribution >= 4 is 15.9 Å². The number of rotatable bonds is 2. The fraction of sp³-hybridized carbons (Fsp3) is 0.500. The van der Waals surface area contributed by atoms with Crippen LogP contribution in [0, 0.1) is 5.92 Å². The molecule has 1 heterocycles. The quantitative estimate of drug-likeness (QED) is 0.822. The third-order valence-corrected chi connectivity index (χ3v) is 2.86. The van der Waals surface area contributed by atoms with Crippen LogP contribution in [0.1, 0.15) is 18.1 Å². The van der Waals surface area contributed by atoms with Gasteiger partial charge in [0.15, 0.2) is 0 Å². The van der Waals surface area contributed by atoms with Crippen molar-refractivity contribution in [1.82, 2.24) is 0 Å². The van der Waals surface area contributed by atoms with Crippen LogP contribution in [-0.4, -0.2) is 6.54 Å². The van der Waals surface area contributed by atoms with Gasteiger partial charge in [0.1, 0.15) is 5.76 Å². The van der Waals surface area contributed by atoms with Gasteiger partial charge in [-0.15, -0.1) is 0 Å². The largest absolute Gasteiger partial charge is 0.468 e. The molecule has 3 heteroatoms. The number of hydrogen-bond acceptors (Lipinski definition) is 2. The maximum Gasteiger partial charge on any atom is 0.121 e. The van der Waals surface area contributed by atoms with E-state index < -0.39 is 0 Å². The van der Waals surface area contributed by atoms with E-state index in [4.69, 9.17) is 10.2 Å². The SMILES string of the molecule is NCC1CC1c1occc1Br. The predicted molar refractivity (Wildman–Crippen MR) is 46.3 cm³/mol. The molecule has 2 N–H and O–H groups in total. The van der Waals surface area contributed by atoms with Gasteiger partial charge in [-0.25, -0.2) is 0 Å². The van der Waals surface area contributed by atoms with Gasteiger partial charge in [0.25, 0.3) is 0 Å². The third-order valence-electron chi connectivity index (χ3n) is 2.21. The minimum absolute atomic E-state index is 0.573. The second kappa shape index (κ2) is 2.64. The van der Waals surface area contributed by atoms with Crippen molar-refractivity contribution in [3.63, 3.8) is 0 Å². The average molecular weight is 216 g/mol. The first kappa shape index (κ1) is 7.37. The van der Waals surface area contributed by atoms with Crippen LogP contribution in [0.2, 0.25) is 0 Å². The highest BCUT2D eigenvalue weighted by atomic mass is 79.9. The molecule has 1 saturated carbocycles. The Balaban J connectivity index is 2.14. The fourth-order valence-electron chi connectivity index (χ4n) is 1.40. The molecule has 0 saturated heterocycles. The lowest BCUT2D eigenvalue weighted by atomic mass is 10.2. The molecule has 11 heavy (non-hydrogen) atoms. The average Bonchev–Trinajstić information content (AvgIpc) is 2.68. The van der Waals surface area contributed by atoms with Crippen molar-refractivity contribution in [1.29, 1.82) is 0 Å². The lowest BCUT2D eigenvalue weighted by Crippen LogP contribution is -2.01. The monoisotopic (exact) mass is 215 g/mol. The first-order chi connectivity index (χ1) is 5.33. The maximum absolute atomic E-state index is 5.52. The molecule has 60 valence electrons. The van der Waals surface area contributed by atoms with Crippen molar-refractivity contribution < 1.29 is 4.42 Å². The molecule has 1 aliphatic rings. The number of nitrogens with two attached hydrogens (primary N) is 1. The molecule has 2 rings (SSSR count). The molecule has 2 atom stereocenters. The van der Waals surface area contributed by atoms with Crippen LogP contribution in [0.4, 0.5) is 0 Å². The van der Waals surface area contributed by atoms with Crippen molar-refractivity contribution in [3.05, 3.63) is 22.6 Å². The van der Waals surface area contributed by atoms with Crippen molar-refractivity contribution in [3.8, 4) is 0 Å². The molecule has 0 amide bonds. The van der Waals surface area contributed by atoms with Crippen LogP contribution in [0.25, 0.3) is 0 Å². The summed E-state index contributed by atoms with van der Waals surface area (Å²) in [6, 6.07) is 1.93. The molecular weight excluding hydrogens is 206 g/mol. The molecular formula is C8H10BrNO. The molecule has 0 bridgehead atoms. The van der Waals surface area contributed by atoms with E-state index in [1.54, 1.807) is 6.26 Å². The molecule has 0 radical (unpaired) electrons. The van der Waals surface area contributed by atoms with Crippen LogP contribution in [0.5, 0.6) is 0 Å². The Morgan fingerprint density at radius 3 is 3.00 bits per heavy atom. The van der Waals surface area contributed by atoms with Crippen LogP contribution in [-0.2, 0) is 0 Å². The van der Waals surface area contributed by atoms with E-state index in [0.29, 0.717) is 11.8 Å². The molecule has 1 aliphatic carbocycles. The molecule has 0 spiro atoms. The predicted octanol–water partition coefficient (Wildman–Crippen LogP) is 2.10. The van der Waals surface area contributed by atoms with Gasteiger partial charge in [0.2, 0.25) is 0 Å². The summed E-state index contributed by atoms with van der Waals surface area (Å²) in [7, 11) is 0. The van der Waals surface area contributed by atoms with Crippen LogP contribution in [0.15, 0.2) is 21.2 Å². The minimum atomic E-state index is 0.573. The van der Waals surface area contributed by atoms with E-state index in [0.717, 1.165) is 16.8 Å². The van der Waals surface area contributed by atoms with Gasteiger partial charge >= 0.3 is 0 Å². The number of halogens is 1. The van der Waals surface area contributed by atoms with Gasteiger partial charge in [0, 0.05) is 5.92 Å². The van der Waals surface area contributed by atoms with Gasteiger partial charge < -0.3 is 10.2 Å². The topological polar surface area (TPSA) is 39.2 Å². The Hall–Kier alpha value is -0.280. The highest BCUT2D eigenvalue weighted by Crippen LogP contribution is 2.49. The van der Waals surface area contributed by atoms with Gasteiger partial charge in [-0.1, -0.05) is 0 Å². The zero-order chi connectivity index (χ0) is 7.84. The second-order valence-corrected chi connectivity index (χ2v) is 3.83. The van der Waals surface area contributed by atoms with E-state index in [1.807, 2.05) is 6.07 Å². The Morgan fingerprint density at radius 2 is 2.55 bits per heavy atom. The van der Waals surface area contributed by atoms with Gasteiger partial charge in [-0.2, -0.15) is 0 Å². The van der Waals surface area contributed by atoms with E-state index in [2.05, 4.69) is 15.9 Å². The van der Waals surface area contributed by atoms with Crippen LogP contribution >= 0.6 is 15.9 Å². The summed E-state index contributed by atoms with van der Waals surface area (Å²) >= 11 is 3.43. The summed E-state index contributed by atoms with van der Waals surface area (Å²) in [4.78, 5) is 0. The van der Waals surface area contributed by atoms with E-state index in [1.165, 1.54) is 6.42 Å². The first-order valence-electron chi connectivity index (χ1n) is 3.76. The summed E-state index contributed by atoms with van der Waals surface area (Å²) in [6.07, 6.45) is 2.90. The number of hydrogen-bond donors (Lipinski definition) is 1. The van der Waals surface area contributed by atoms with Crippen molar-refractivity contribution in [2.24, 2.45) is 11.7 Å². The van der Waals surface area contributed by atoms with E-state index in [-0.39, 0.29) is 0 Å². The van der Waals surface area contributed by atoms with Gasteiger partial charge in [-0.3, -0.25) is 0 Å². The molecule has 1 aromatic heterocycles. The van der Waals surface area contributed by atoms with Crippen molar-refractivity contribution in [2.45, 2.75) is 12.3 Å². The lowest BCUT2D eigenvalue weighted by molar-refractivity contribution is 0.501. The summed E-state index contributed by atoms with van der Waals surface area (Å²) in [6.45, 7) is 0.776. The smallest absolute Gasteiger partial charge is 0.121 e. The Morgan fingerprint density at radius 1 is 1.73 bits per heavy atom. The fourth-order valence-corrected chi connectivity index (χ4v) is 1.89. The summed E-state index contributed by atoms with van der Waals surface area (Å²) in [5, 5.41) is 0. The molecule has 1 fully saturated rings. The zero-order valence-electron chi connectivity index (χ0n) is 6.09. The number of furan rings is 1. The normalized spacial score (nSPS) is 28.9. The third kappa shape index (κ3) is 1.23. The molecule has 2 nitrogen and oxygen atoms in total. The summed E-state index contributed by atoms with van der Waals surface area (Å²) in [5.41, 5.74) is 5.52. The summed E-state index contributed by atoms with van der Waals surface area (Å²) in [5.74, 6) is 2.29. The zero-order valence-corrected chi connectivity index (χ0v) is 7.67. The van der Waals surface area contributed by atoms with Gasteiger partial charge in [-0.05, 0) is 40.9 Å². The molecule has 1 aromatic rings. The van der Waals surface area contributed by atoms with E-state index >= 15 is 0 Å². The second-order valence-electron chi connectivity index (χ2n) is 2.97. The molecule has 2 unspecified atom stereocenters. The Labute approximate surface area is 73.9 Å². The highest BCUT2D eigenvalue weighted by Gasteiger charge is 2.40. The van der Waals surface area contributed by atoms with Gasteiger partial charge in [0.05, 0.1) is 10.7 Å². The standard InChI is InChI=1S/C8H10BrNO/c9-7-1-2-11-8(7)6-3-5(6)4-10/h1-2,5-6H,3-4,10H2. The molecule has 0 aromatic carbocycles. The Kier molecular flexibility index (Phi) is 1.77. The first-order valence-corrected chi connectivity index (χ1v) is 4.55. The maximum atomic E-state index is 5.52.